The molecule has 3 heteroatoms. The molecule has 0 bridgehead atoms. The Morgan fingerprint density at radius 1 is 1.08 bits per heavy atom. The van der Waals surface area contributed by atoms with Gasteiger partial charge in [0.2, 0.25) is 0 Å². The lowest BCUT2D eigenvalue weighted by Gasteiger charge is -2.03. The summed E-state index contributed by atoms with van der Waals surface area (Å²) in [6.45, 7) is 3.44. The van der Waals surface area contributed by atoms with E-state index in [0.717, 1.165) is 6.17 Å². The Morgan fingerprint density at radius 3 is 2.46 bits per heavy atom. The average Bonchev–Trinajstić information content (AvgIpc) is 2.16. The van der Waals surface area contributed by atoms with E-state index in [4.69, 9.17) is 4.43 Å². The van der Waals surface area contributed by atoms with E-state index in [1.165, 1.54) is 45.1 Å². The lowest BCUT2D eigenvalue weighted by Crippen LogP contribution is -2.22. The van der Waals surface area contributed by atoms with Crippen molar-refractivity contribution in [2.75, 3.05) is 19.8 Å². The van der Waals surface area contributed by atoms with Crippen molar-refractivity contribution >= 4 is 9.76 Å². The molecule has 0 fully saturated rings. The lowest BCUT2D eigenvalue weighted by atomic mass is 10.1. The first kappa shape index (κ1) is 13.1. The fraction of sp³-hybridized carbons (Fsp3) is 1.00. The molecular formula is C10H25NOSi. The van der Waals surface area contributed by atoms with Crippen molar-refractivity contribution in [3.63, 3.8) is 0 Å². The molecule has 1 N–H and O–H groups in total. The van der Waals surface area contributed by atoms with E-state index < -0.39 is 0 Å². The zero-order valence-corrected chi connectivity index (χ0v) is 10.7. The van der Waals surface area contributed by atoms with Gasteiger partial charge in [-0.25, -0.2) is 0 Å². The zero-order chi connectivity index (χ0) is 9.78. The van der Waals surface area contributed by atoms with Crippen LogP contribution < -0.4 is 5.32 Å². The molecule has 0 atom stereocenters. The highest BCUT2D eigenvalue weighted by atomic mass is 28.2. The molecule has 0 aliphatic carbocycles. The normalized spacial score (nSPS) is 11.5. The predicted molar refractivity (Wildman–Crippen MR) is 61.8 cm³/mol. The molecule has 0 aromatic rings. The van der Waals surface area contributed by atoms with Crippen LogP contribution in [0.3, 0.4) is 0 Å². The van der Waals surface area contributed by atoms with Crippen LogP contribution in [0.25, 0.3) is 0 Å². The largest absolute Gasteiger partial charge is 0.426 e. The summed E-state index contributed by atoms with van der Waals surface area (Å²) in [5.74, 6) is 0. The van der Waals surface area contributed by atoms with Crippen LogP contribution in [0.15, 0.2) is 0 Å². The van der Waals surface area contributed by atoms with Crippen LogP contribution in [-0.4, -0.2) is 29.6 Å². The molecule has 0 aromatic heterocycles. The third kappa shape index (κ3) is 12.1. The Balaban J connectivity index is 2.76. The number of rotatable bonds is 10. The highest BCUT2D eigenvalue weighted by molar-refractivity contribution is 6.27. The smallest absolute Gasteiger partial charge is 0.174 e. The fourth-order valence-electron chi connectivity index (χ4n) is 1.33. The van der Waals surface area contributed by atoms with E-state index in [-0.39, 0.29) is 9.76 Å². The van der Waals surface area contributed by atoms with Crippen molar-refractivity contribution < 1.29 is 4.43 Å². The van der Waals surface area contributed by atoms with E-state index in [1.54, 1.807) is 7.11 Å². The van der Waals surface area contributed by atoms with Crippen molar-refractivity contribution in [2.45, 2.75) is 45.4 Å². The summed E-state index contributed by atoms with van der Waals surface area (Å²) in [5, 5.41) is 3.41. The monoisotopic (exact) mass is 203 g/mol. The van der Waals surface area contributed by atoms with E-state index >= 15 is 0 Å². The first-order valence-electron chi connectivity index (χ1n) is 5.61. The van der Waals surface area contributed by atoms with Crippen molar-refractivity contribution in [3.8, 4) is 0 Å². The van der Waals surface area contributed by atoms with Crippen LogP contribution in [0.4, 0.5) is 0 Å². The summed E-state index contributed by atoms with van der Waals surface area (Å²) in [6.07, 6.45) is 9.44. The third-order valence-corrected chi connectivity index (χ3v) is 3.16. The molecule has 80 valence electrons. The first-order chi connectivity index (χ1) is 6.41. The average molecular weight is 203 g/mol. The van der Waals surface area contributed by atoms with Gasteiger partial charge in [-0.3, -0.25) is 0 Å². The van der Waals surface area contributed by atoms with Gasteiger partial charge in [0.25, 0.3) is 0 Å². The molecule has 0 spiro atoms. The predicted octanol–water partition coefficient (Wildman–Crippen LogP) is 1.62. The topological polar surface area (TPSA) is 21.3 Å². The molecule has 0 rings (SSSR count). The number of hydrogen-bond acceptors (Lipinski definition) is 2. The summed E-state index contributed by atoms with van der Waals surface area (Å²) in [5.41, 5.74) is 0. The first-order valence-corrected chi connectivity index (χ1v) is 7.19. The molecular weight excluding hydrogens is 178 g/mol. The minimum Gasteiger partial charge on any atom is -0.426 e. The maximum Gasteiger partial charge on any atom is 0.174 e. The van der Waals surface area contributed by atoms with Gasteiger partial charge >= 0.3 is 0 Å². The summed E-state index contributed by atoms with van der Waals surface area (Å²) in [7, 11) is 1.57. The number of nitrogens with one attached hydrogen (secondary N) is 1. The van der Waals surface area contributed by atoms with Gasteiger partial charge in [-0.05, 0) is 13.0 Å². The van der Waals surface area contributed by atoms with Gasteiger partial charge in [0, 0.05) is 13.3 Å². The fourth-order valence-corrected chi connectivity index (χ4v) is 1.93. The standard InChI is InChI=1S/C10H25NOSi/c1-3-4-5-6-7-8-9-11-10-13-12-2/h11H,3-10,13H2,1-2H3. The van der Waals surface area contributed by atoms with Crippen LogP contribution in [0, 0.1) is 0 Å². The van der Waals surface area contributed by atoms with Crippen molar-refractivity contribution in [1.29, 1.82) is 0 Å². The van der Waals surface area contributed by atoms with E-state index in [1.807, 2.05) is 0 Å². The van der Waals surface area contributed by atoms with Gasteiger partial charge < -0.3 is 9.74 Å². The van der Waals surface area contributed by atoms with Gasteiger partial charge in [-0.15, -0.1) is 0 Å². The Morgan fingerprint density at radius 2 is 1.77 bits per heavy atom. The highest BCUT2D eigenvalue weighted by Gasteiger charge is 1.90. The second-order valence-electron chi connectivity index (χ2n) is 3.51. The van der Waals surface area contributed by atoms with Crippen LogP contribution in [-0.2, 0) is 4.43 Å². The second-order valence-corrected chi connectivity index (χ2v) is 5.00. The molecule has 0 saturated heterocycles. The molecule has 0 aliphatic rings. The Kier molecular flexibility index (Phi) is 12.3. The Bertz CT molecular complexity index is 81.0. The maximum absolute atomic E-state index is 5.08. The van der Waals surface area contributed by atoms with Crippen molar-refractivity contribution in [2.24, 2.45) is 0 Å². The maximum atomic E-state index is 5.08. The third-order valence-electron chi connectivity index (χ3n) is 2.19. The lowest BCUT2D eigenvalue weighted by molar-refractivity contribution is 0.436. The minimum absolute atomic E-state index is 0.237. The number of unbranched alkanes of at least 4 members (excludes halogenated alkanes) is 5. The summed E-state index contributed by atoms with van der Waals surface area (Å²) < 4.78 is 5.08. The van der Waals surface area contributed by atoms with Gasteiger partial charge in [0.1, 0.15) is 0 Å². The van der Waals surface area contributed by atoms with Crippen LogP contribution in [0.1, 0.15) is 45.4 Å². The molecule has 0 unspecified atom stereocenters. The highest BCUT2D eigenvalue weighted by Crippen LogP contribution is 2.03. The Labute approximate surface area is 85.4 Å². The Hall–Kier alpha value is 0.137. The number of hydrogen-bond donors (Lipinski definition) is 1. The molecule has 0 aliphatic heterocycles. The van der Waals surface area contributed by atoms with Crippen molar-refractivity contribution in [1.82, 2.24) is 5.32 Å². The second kappa shape index (κ2) is 12.1. The van der Waals surface area contributed by atoms with Crippen molar-refractivity contribution in [3.05, 3.63) is 0 Å². The van der Waals surface area contributed by atoms with E-state index in [9.17, 15) is 0 Å². The molecule has 13 heavy (non-hydrogen) atoms. The summed E-state index contributed by atoms with van der Waals surface area (Å²) in [4.78, 5) is 0. The molecule has 0 aromatic carbocycles. The molecule has 0 saturated carbocycles. The molecule has 0 radical (unpaired) electrons. The molecule has 0 heterocycles. The van der Waals surface area contributed by atoms with Crippen LogP contribution in [0.2, 0.25) is 0 Å². The summed E-state index contributed by atoms with van der Waals surface area (Å²) in [6, 6.07) is 0. The molecule has 0 amide bonds. The van der Waals surface area contributed by atoms with E-state index in [2.05, 4.69) is 12.2 Å². The SMILES string of the molecule is CCCCCCCCNC[SiH2]OC. The zero-order valence-electron chi connectivity index (χ0n) is 9.27. The van der Waals surface area contributed by atoms with Crippen LogP contribution in [0.5, 0.6) is 0 Å². The van der Waals surface area contributed by atoms with Gasteiger partial charge in [0.15, 0.2) is 9.76 Å². The summed E-state index contributed by atoms with van der Waals surface area (Å²) >= 11 is 0. The van der Waals surface area contributed by atoms with E-state index in [0.29, 0.717) is 0 Å². The minimum atomic E-state index is -0.237. The van der Waals surface area contributed by atoms with Gasteiger partial charge in [-0.2, -0.15) is 0 Å². The van der Waals surface area contributed by atoms with Crippen LogP contribution >= 0.6 is 0 Å². The molecule has 2 nitrogen and oxygen atoms in total. The van der Waals surface area contributed by atoms with Gasteiger partial charge in [0.05, 0.1) is 0 Å². The quantitative estimate of drug-likeness (QED) is 0.430. The van der Waals surface area contributed by atoms with Gasteiger partial charge in [-0.1, -0.05) is 39.0 Å².